The van der Waals surface area contributed by atoms with Crippen LogP contribution in [0.4, 0.5) is 4.79 Å². The minimum atomic E-state index is -1.97. The predicted octanol–water partition coefficient (Wildman–Crippen LogP) is 1.03. The highest BCUT2D eigenvalue weighted by atomic mass is 31.1. The van der Waals surface area contributed by atoms with Gasteiger partial charge in [-0.25, -0.2) is 14.4 Å². The molecule has 0 heterocycles. The molecule has 0 rings (SSSR count). The van der Waals surface area contributed by atoms with Crippen molar-refractivity contribution in [3.63, 3.8) is 0 Å². The highest BCUT2D eigenvalue weighted by Gasteiger charge is 2.31. The van der Waals surface area contributed by atoms with Crippen molar-refractivity contribution in [2.45, 2.75) is 39.5 Å². The third-order valence-electron chi connectivity index (χ3n) is 2.66. The third kappa shape index (κ3) is 9.90. The van der Waals surface area contributed by atoms with Crippen molar-refractivity contribution in [1.82, 2.24) is 5.32 Å². The minimum Gasteiger partial charge on any atom is -0.480 e. The van der Waals surface area contributed by atoms with Gasteiger partial charge in [-0.1, -0.05) is 13.8 Å². The Hall–Kier alpha value is -2.26. The summed E-state index contributed by atoms with van der Waals surface area (Å²) in [5.41, 5.74) is 0. The Balaban J connectivity index is 4.86. The van der Waals surface area contributed by atoms with E-state index in [1.807, 2.05) is 5.32 Å². The number of carboxylic acids is 1. The lowest BCUT2D eigenvalue weighted by molar-refractivity contribution is -0.192. The number of nitrogens with one attached hydrogen (secondary N) is 1. The first-order valence-electron chi connectivity index (χ1n) is 7.69. The van der Waals surface area contributed by atoms with Gasteiger partial charge in [0.1, 0.15) is 12.6 Å². The van der Waals surface area contributed by atoms with Gasteiger partial charge in [-0.3, -0.25) is 4.79 Å². The normalized spacial score (nSPS) is 13.3. The Labute approximate surface area is 151 Å². The van der Waals surface area contributed by atoms with Crippen LogP contribution in [0.5, 0.6) is 0 Å². The number of hydrogen-bond donors (Lipinski definition) is 2. The van der Waals surface area contributed by atoms with Gasteiger partial charge in [-0.15, -0.1) is 4.52 Å². The van der Waals surface area contributed by atoms with Gasteiger partial charge in [0, 0.05) is 6.42 Å². The van der Waals surface area contributed by atoms with Gasteiger partial charge in [-0.2, -0.15) is 0 Å². The van der Waals surface area contributed by atoms with Crippen LogP contribution in [0.15, 0.2) is 0 Å². The number of rotatable bonds is 11. The average Bonchev–Trinajstić information content (AvgIpc) is 2.52. The van der Waals surface area contributed by atoms with Crippen molar-refractivity contribution in [2.24, 2.45) is 5.92 Å². The van der Waals surface area contributed by atoms with Crippen LogP contribution in [-0.2, 0) is 37.7 Å². The van der Waals surface area contributed by atoms with Crippen LogP contribution in [-0.4, -0.2) is 61.3 Å². The van der Waals surface area contributed by atoms with Crippen molar-refractivity contribution in [3.8, 4) is 0 Å². The molecule has 3 unspecified atom stereocenters. The fraction of sp³-hybridized carbons (Fsp3) is 0.714. The molecule has 0 aromatic carbocycles. The van der Waals surface area contributed by atoms with Crippen molar-refractivity contribution >= 4 is 32.0 Å². The molecule has 148 valence electrons. The zero-order valence-corrected chi connectivity index (χ0v) is 15.8. The van der Waals surface area contributed by atoms with E-state index in [0.29, 0.717) is 0 Å². The summed E-state index contributed by atoms with van der Waals surface area (Å²) in [6.45, 7) is 5.56. The van der Waals surface area contributed by atoms with Crippen molar-refractivity contribution < 1.29 is 47.6 Å². The van der Waals surface area contributed by atoms with Crippen molar-refractivity contribution in [2.75, 3.05) is 19.9 Å². The number of alkyl carbamates (subject to hydrolysis) is 1. The van der Waals surface area contributed by atoms with E-state index < -0.39 is 50.3 Å². The van der Waals surface area contributed by atoms with Gasteiger partial charge in [0.05, 0.1) is 12.5 Å². The van der Waals surface area contributed by atoms with Crippen LogP contribution in [0.1, 0.15) is 27.2 Å². The van der Waals surface area contributed by atoms with Gasteiger partial charge in [0.15, 0.2) is 6.66 Å². The molecule has 0 aliphatic rings. The Morgan fingerprint density at radius 2 is 1.73 bits per heavy atom. The highest BCUT2D eigenvalue weighted by molar-refractivity contribution is 7.38. The molecule has 0 aromatic rings. The highest BCUT2D eigenvalue weighted by Crippen LogP contribution is 2.15. The largest absolute Gasteiger partial charge is 0.504 e. The summed E-state index contributed by atoms with van der Waals surface area (Å²) in [5.74, 6) is -3.93. The SMILES string of the molecule is CCOC(=O)C(OC(=O)NC(CCO[P+](C)=O)C(=O)O)OC(=O)C(C)C. The Kier molecular flexibility index (Phi) is 11.1. The first kappa shape index (κ1) is 23.7. The lowest BCUT2D eigenvalue weighted by atomic mass is 10.2. The summed E-state index contributed by atoms with van der Waals surface area (Å²) in [4.78, 5) is 46.3. The molecular formula is C14H23NO10P+. The second kappa shape index (κ2) is 12.2. The van der Waals surface area contributed by atoms with Gasteiger partial charge in [0.2, 0.25) is 0 Å². The van der Waals surface area contributed by atoms with E-state index >= 15 is 0 Å². The van der Waals surface area contributed by atoms with Gasteiger partial charge >= 0.3 is 38.3 Å². The van der Waals surface area contributed by atoms with E-state index in [0.717, 1.165) is 0 Å². The molecular weight excluding hydrogens is 373 g/mol. The maximum Gasteiger partial charge on any atom is 0.504 e. The molecule has 26 heavy (non-hydrogen) atoms. The zero-order valence-electron chi connectivity index (χ0n) is 14.9. The number of carbonyl (C=O) groups is 4. The summed E-state index contributed by atoms with van der Waals surface area (Å²) >= 11 is 0. The lowest BCUT2D eigenvalue weighted by Gasteiger charge is -2.19. The molecule has 3 atom stereocenters. The van der Waals surface area contributed by atoms with Crippen LogP contribution < -0.4 is 5.32 Å². The standard InChI is InChI=1S/C14H22NO10P/c1-5-22-12(19)13(24-11(18)8(2)3)25-14(20)15-9(10(16)17)6-7-23-26(4)21/h8-9,13H,5-7H2,1-4H3,(H-,15,16,17,20)/p+1. The maximum absolute atomic E-state index is 11.8. The van der Waals surface area contributed by atoms with E-state index in [4.69, 9.17) is 14.4 Å². The van der Waals surface area contributed by atoms with Crippen LogP contribution >= 0.6 is 8.03 Å². The van der Waals surface area contributed by atoms with E-state index in [1.165, 1.54) is 27.4 Å². The molecule has 0 bridgehead atoms. The lowest BCUT2D eigenvalue weighted by Crippen LogP contribution is -2.45. The Morgan fingerprint density at radius 1 is 1.12 bits per heavy atom. The number of ether oxygens (including phenoxy) is 3. The molecule has 0 aliphatic heterocycles. The van der Waals surface area contributed by atoms with E-state index in [2.05, 4.69) is 9.47 Å². The minimum absolute atomic E-state index is 0.0518. The van der Waals surface area contributed by atoms with Gasteiger partial charge in [0.25, 0.3) is 0 Å². The average molecular weight is 396 g/mol. The van der Waals surface area contributed by atoms with Crippen molar-refractivity contribution in [3.05, 3.63) is 0 Å². The first-order valence-corrected chi connectivity index (χ1v) is 9.31. The summed E-state index contributed by atoms with van der Waals surface area (Å²) in [5, 5.41) is 11.0. The summed E-state index contributed by atoms with van der Waals surface area (Å²) in [6, 6.07) is -1.43. The molecule has 11 nitrogen and oxygen atoms in total. The number of carbonyl (C=O) groups excluding carboxylic acids is 3. The van der Waals surface area contributed by atoms with E-state index in [1.54, 1.807) is 0 Å². The van der Waals surface area contributed by atoms with Crippen LogP contribution in [0.25, 0.3) is 0 Å². The van der Waals surface area contributed by atoms with E-state index in [9.17, 15) is 23.7 Å². The zero-order chi connectivity index (χ0) is 20.3. The van der Waals surface area contributed by atoms with Crippen LogP contribution in [0.2, 0.25) is 0 Å². The van der Waals surface area contributed by atoms with Crippen molar-refractivity contribution in [1.29, 1.82) is 0 Å². The second-order valence-corrected chi connectivity index (χ2v) is 6.32. The molecule has 2 N–H and O–H groups in total. The fourth-order valence-electron chi connectivity index (χ4n) is 1.40. The Bertz CT molecular complexity index is 536. The van der Waals surface area contributed by atoms with Gasteiger partial charge in [-0.05, 0) is 11.5 Å². The summed E-state index contributed by atoms with van der Waals surface area (Å²) in [6.07, 6.45) is -3.48. The van der Waals surface area contributed by atoms with E-state index in [-0.39, 0.29) is 19.6 Å². The molecule has 0 aliphatic carbocycles. The number of esters is 2. The molecule has 12 heteroatoms. The van der Waals surface area contributed by atoms with Crippen LogP contribution in [0, 0.1) is 5.92 Å². The number of amides is 1. The molecule has 0 fully saturated rings. The first-order chi connectivity index (χ1) is 12.1. The monoisotopic (exact) mass is 396 g/mol. The number of carboxylic acid groups (broad SMARTS) is 1. The number of aliphatic carboxylic acids is 1. The molecule has 0 radical (unpaired) electrons. The maximum atomic E-state index is 11.8. The molecule has 0 saturated carbocycles. The summed E-state index contributed by atoms with van der Waals surface area (Å²) in [7, 11) is -1.92. The fourth-order valence-corrected chi connectivity index (χ4v) is 1.76. The molecule has 1 amide bonds. The smallest absolute Gasteiger partial charge is 0.480 e. The quantitative estimate of drug-likeness (QED) is 0.294. The summed E-state index contributed by atoms with van der Waals surface area (Å²) < 4.78 is 29.6. The van der Waals surface area contributed by atoms with Gasteiger partial charge < -0.3 is 24.6 Å². The third-order valence-corrected chi connectivity index (χ3v) is 3.20. The Morgan fingerprint density at radius 3 is 2.19 bits per heavy atom. The topological polar surface area (TPSA) is 155 Å². The predicted molar refractivity (Wildman–Crippen MR) is 86.5 cm³/mol. The number of hydrogen-bond acceptors (Lipinski definition) is 9. The molecule has 0 aromatic heterocycles. The van der Waals surface area contributed by atoms with Crippen LogP contribution in [0.3, 0.4) is 0 Å². The molecule has 0 saturated heterocycles. The molecule has 0 spiro atoms. The second-order valence-electron chi connectivity index (χ2n) is 5.18.